The second kappa shape index (κ2) is 5.33. The number of benzene rings is 2. The lowest BCUT2D eigenvalue weighted by molar-refractivity contribution is -0.138. The fourth-order valence-electron chi connectivity index (χ4n) is 1.82. The summed E-state index contributed by atoms with van der Waals surface area (Å²) in [5.74, 6) is -1.28. The van der Waals surface area contributed by atoms with E-state index >= 15 is 0 Å². The van der Waals surface area contributed by atoms with Crippen molar-refractivity contribution in [1.82, 2.24) is 0 Å². The number of carboxylic acids is 1. The SMILES string of the molecule is CC(C(=O)O)c1ccc(-c2ccc(O)cc2)c(Cl)c1. The van der Waals surface area contributed by atoms with E-state index in [4.69, 9.17) is 16.7 Å². The highest BCUT2D eigenvalue weighted by molar-refractivity contribution is 6.33. The molecule has 0 radical (unpaired) electrons. The summed E-state index contributed by atoms with van der Waals surface area (Å²) >= 11 is 6.20. The number of carbonyl (C=O) groups is 1. The Morgan fingerprint density at radius 1 is 1.16 bits per heavy atom. The normalized spacial score (nSPS) is 12.1. The van der Waals surface area contributed by atoms with Gasteiger partial charge in [0.15, 0.2) is 0 Å². The van der Waals surface area contributed by atoms with Crippen LogP contribution < -0.4 is 0 Å². The summed E-state index contributed by atoms with van der Waals surface area (Å²) in [6, 6.07) is 11.9. The smallest absolute Gasteiger partial charge is 0.310 e. The Balaban J connectivity index is 2.39. The Bertz CT molecular complexity index is 605. The molecular formula is C15H13ClO3. The van der Waals surface area contributed by atoms with Crippen LogP contribution >= 0.6 is 11.6 Å². The zero-order valence-electron chi connectivity index (χ0n) is 10.3. The second-order valence-corrected chi connectivity index (χ2v) is 4.75. The van der Waals surface area contributed by atoms with E-state index in [1.807, 2.05) is 0 Å². The highest BCUT2D eigenvalue weighted by Crippen LogP contribution is 2.31. The van der Waals surface area contributed by atoms with Crippen molar-refractivity contribution < 1.29 is 15.0 Å². The predicted molar refractivity (Wildman–Crippen MR) is 74.6 cm³/mol. The van der Waals surface area contributed by atoms with E-state index in [1.165, 1.54) is 0 Å². The largest absolute Gasteiger partial charge is 0.508 e. The molecule has 0 aliphatic rings. The molecule has 0 heterocycles. The first-order valence-electron chi connectivity index (χ1n) is 5.80. The quantitative estimate of drug-likeness (QED) is 0.894. The molecule has 0 aliphatic heterocycles. The van der Waals surface area contributed by atoms with Crippen LogP contribution in [0.15, 0.2) is 42.5 Å². The van der Waals surface area contributed by atoms with Gasteiger partial charge in [0.25, 0.3) is 0 Å². The average molecular weight is 277 g/mol. The van der Waals surface area contributed by atoms with Crippen molar-refractivity contribution in [2.45, 2.75) is 12.8 Å². The van der Waals surface area contributed by atoms with Gasteiger partial charge >= 0.3 is 5.97 Å². The standard InChI is InChI=1S/C15H13ClO3/c1-9(15(18)19)11-4-7-13(14(16)8-11)10-2-5-12(17)6-3-10/h2-9,17H,1H3,(H,18,19). The number of rotatable bonds is 3. The van der Waals surface area contributed by atoms with Gasteiger partial charge in [0, 0.05) is 10.6 Å². The van der Waals surface area contributed by atoms with Crippen LogP contribution in [0.25, 0.3) is 11.1 Å². The van der Waals surface area contributed by atoms with E-state index < -0.39 is 11.9 Å². The van der Waals surface area contributed by atoms with E-state index in [9.17, 15) is 9.90 Å². The second-order valence-electron chi connectivity index (χ2n) is 4.35. The zero-order valence-corrected chi connectivity index (χ0v) is 11.1. The van der Waals surface area contributed by atoms with Gasteiger partial charge in [-0.2, -0.15) is 0 Å². The Morgan fingerprint density at radius 3 is 2.32 bits per heavy atom. The molecule has 19 heavy (non-hydrogen) atoms. The molecule has 0 spiro atoms. The molecule has 0 saturated heterocycles. The molecule has 0 bridgehead atoms. The highest BCUT2D eigenvalue weighted by atomic mass is 35.5. The Morgan fingerprint density at radius 2 is 1.79 bits per heavy atom. The van der Waals surface area contributed by atoms with Crippen LogP contribution in [0.1, 0.15) is 18.4 Å². The van der Waals surface area contributed by atoms with Crippen LogP contribution in [-0.2, 0) is 4.79 Å². The lowest BCUT2D eigenvalue weighted by atomic mass is 9.97. The summed E-state index contributed by atoms with van der Waals surface area (Å²) in [5.41, 5.74) is 2.35. The van der Waals surface area contributed by atoms with Gasteiger partial charge < -0.3 is 10.2 Å². The molecule has 3 nitrogen and oxygen atoms in total. The molecule has 0 aliphatic carbocycles. The van der Waals surface area contributed by atoms with Gasteiger partial charge in [-0.25, -0.2) is 0 Å². The van der Waals surface area contributed by atoms with E-state index in [-0.39, 0.29) is 5.75 Å². The van der Waals surface area contributed by atoms with Gasteiger partial charge in [-0.05, 0) is 36.2 Å². The molecule has 0 saturated carbocycles. The molecule has 0 fully saturated rings. The number of carboxylic acid groups (broad SMARTS) is 1. The Labute approximate surface area is 116 Å². The Hall–Kier alpha value is -2.00. The monoisotopic (exact) mass is 276 g/mol. The van der Waals surface area contributed by atoms with E-state index in [2.05, 4.69) is 0 Å². The maximum atomic E-state index is 10.9. The number of aromatic hydroxyl groups is 1. The third-order valence-corrected chi connectivity index (χ3v) is 3.35. The molecule has 2 N–H and O–H groups in total. The van der Waals surface area contributed by atoms with Crippen molar-refractivity contribution in [3.63, 3.8) is 0 Å². The summed E-state index contributed by atoms with van der Waals surface area (Å²) in [6.45, 7) is 1.62. The zero-order chi connectivity index (χ0) is 14.0. The summed E-state index contributed by atoms with van der Waals surface area (Å²) < 4.78 is 0. The predicted octanol–water partition coefficient (Wildman–Crippen LogP) is 3.90. The van der Waals surface area contributed by atoms with Gasteiger partial charge in [-0.3, -0.25) is 4.79 Å². The molecule has 98 valence electrons. The summed E-state index contributed by atoms with van der Waals surface area (Å²) in [7, 11) is 0. The Kier molecular flexibility index (Phi) is 3.76. The summed E-state index contributed by atoms with van der Waals surface area (Å²) in [4.78, 5) is 10.9. The van der Waals surface area contributed by atoms with E-state index in [0.29, 0.717) is 10.6 Å². The number of phenolic OH excluding ortho intramolecular Hbond substituents is 1. The third-order valence-electron chi connectivity index (χ3n) is 3.04. The molecule has 4 heteroatoms. The molecule has 2 aromatic rings. The molecule has 0 amide bonds. The average Bonchev–Trinajstić information content (AvgIpc) is 2.39. The van der Waals surface area contributed by atoms with Crippen molar-refractivity contribution in [3.05, 3.63) is 53.1 Å². The van der Waals surface area contributed by atoms with Crippen molar-refractivity contribution >= 4 is 17.6 Å². The van der Waals surface area contributed by atoms with Gasteiger partial charge in [0.05, 0.1) is 5.92 Å². The fourth-order valence-corrected chi connectivity index (χ4v) is 2.12. The summed E-state index contributed by atoms with van der Waals surface area (Å²) in [6.07, 6.45) is 0. The first kappa shape index (κ1) is 13.4. The third kappa shape index (κ3) is 2.88. The lowest BCUT2D eigenvalue weighted by Gasteiger charge is -2.10. The van der Waals surface area contributed by atoms with Crippen LogP contribution in [0, 0.1) is 0 Å². The first-order chi connectivity index (χ1) is 8.99. The van der Waals surface area contributed by atoms with Gasteiger partial charge in [0.1, 0.15) is 5.75 Å². The number of halogens is 1. The molecule has 2 rings (SSSR count). The lowest BCUT2D eigenvalue weighted by Crippen LogP contribution is -2.07. The maximum absolute atomic E-state index is 10.9. The molecular weight excluding hydrogens is 264 g/mol. The van der Waals surface area contributed by atoms with Gasteiger partial charge in [0.2, 0.25) is 0 Å². The number of phenols is 1. The molecule has 1 unspecified atom stereocenters. The molecule has 1 atom stereocenters. The van der Waals surface area contributed by atoms with Crippen LogP contribution in [0.4, 0.5) is 0 Å². The minimum atomic E-state index is -0.881. The molecule has 0 aromatic heterocycles. The van der Waals surface area contributed by atoms with E-state index in [0.717, 1.165) is 11.1 Å². The summed E-state index contributed by atoms with van der Waals surface area (Å²) in [5, 5.41) is 18.7. The van der Waals surface area contributed by atoms with E-state index in [1.54, 1.807) is 49.4 Å². The van der Waals surface area contributed by atoms with Crippen molar-refractivity contribution in [2.24, 2.45) is 0 Å². The van der Waals surface area contributed by atoms with Crippen LogP contribution in [0.3, 0.4) is 0 Å². The van der Waals surface area contributed by atoms with Crippen molar-refractivity contribution in [3.8, 4) is 16.9 Å². The van der Waals surface area contributed by atoms with Crippen molar-refractivity contribution in [1.29, 1.82) is 0 Å². The van der Waals surface area contributed by atoms with Gasteiger partial charge in [-0.1, -0.05) is 35.9 Å². The number of hydrogen-bond acceptors (Lipinski definition) is 2. The van der Waals surface area contributed by atoms with Crippen LogP contribution in [0.2, 0.25) is 5.02 Å². The first-order valence-corrected chi connectivity index (χ1v) is 6.18. The number of hydrogen-bond donors (Lipinski definition) is 2. The topological polar surface area (TPSA) is 57.5 Å². The number of aliphatic carboxylic acids is 1. The maximum Gasteiger partial charge on any atom is 0.310 e. The minimum Gasteiger partial charge on any atom is -0.508 e. The van der Waals surface area contributed by atoms with Crippen LogP contribution in [0.5, 0.6) is 5.75 Å². The minimum absolute atomic E-state index is 0.191. The van der Waals surface area contributed by atoms with Gasteiger partial charge in [-0.15, -0.1) is 0 Å². The fraction of sp³-hybridized carbons (Fsp3) is 0.133. The van der Waals surface area contributed by atoms with Crippen LogP contribution in [-0.4, -0.2) is 16.2 Å². The highest BCUT2D eigenvalue weighted by Gasteiger charge is 2.15. The molecule has 2 aromatic carbocycles. The van der Waals surface area contributed by atoms with Crippen molar-refractivity contribution in [2.75, 3.05) is 0 Å².